The van der Waals surface area contributed by atoms with E-state index < -0.39 is 11.4 Å². The highest BCUT2D eigenvalue weighted by atomic mass is 32.1. The molecule has 3 aromatic heterocycles. The van der Waals surface area contributed by atoms with E-state index in [2.05, 4.69) is 9.97 Å². The van der Waals surface area contributed by atoms with Crippen molar-refractivity contribution in [2.24, 2.45) is 5.73 Å². The highest BCUT2D eigenvalue weighted by Crippen LogP contribution is 2.27. The lowest BCUT2D eigenvalue weighted by Crippen LogP contribution is -2.27. The molecule has 0 aromatic carbocycles. The second-order valence-electron chi connectivity index (χ2n) is 6.12. The number of carbonyl (C=O) groups is 1. The SMILES string of the molecule is Nc1cc(N2CCC(N)C2)nc2c1c(=O)c(C(=O)O)cn2-c1nccs1. The summed E-state index contributed by atoms with van der Waals surface area (Å²) in [5, 5.41) is 11.7. The van der Waals surface area contributed by atoms with Crippen molar-refractivity contribution in [3.8, 4) is 5.13 Å². The smallest absolute Gasteiger partial charge is 0.341 e. The second kappa shape index (κ2) is 6.07. The van der Waals surface area contributed by atoms with E-state index in [1.54, 1.807) is 17.6 Å². The molecule has 134 valence electrons. The standard InChI is InChI=1S/C16H16N6O3S/c17-8-1-3-21(6-8)11-5-10(18)12-13(23)9(15(24)25)7-22(14(12)20-11)16-19-2-4-26-16/h2,4-5,7-8H,1,3,6,17H2,(H2,18,20)(H,24,25). The summed E-state index contributed by atoms with van der Waals surface area (Å²) in [5.41, 5.74) is 11.5. The Hall–Kier alpha value is -2.98. The maximum Gasteiger partial charge on any atom is 0.341 e. The van der Waals surface area contributed by atoms with Crippen molar-refractivity contribution in [2.75, 3.05) is 23.7 Å². The number of fused-ring (bicyclic) bond motifs is 1. The molecule has 1 atom stereocenters. The summed E-state index contributed by atoms with van der Waals surface area (Å²) in [7, 11) is 0. The molecule has 5 N–H and O–H groups in total. The third-order valence-corrected chi connectivity index (χ3v) is 5.15. The summed E-state index contributed by atoms with van der Waals surface area (Å²) in [4.78, 5) is 34.9. The maximum absolute atomic E-state index is 12.6. The highest BCUT2D eigenvalue weighted by Gasteiger charge is 2.24. The third kappa shape index (κ3) is 2.59. The zero-order valence-electron chi connectivity index (χ0n) is 13.6. The Morgan fingerprint density at radius 2 is 2.23 bits per heavy atom. The molecule has 1 aliphatic rings. The number of hydrogen-bond donors (Lipinski definition) is 3. The van der Waals surface area contributed by atoms with Crippen LogP contribution in [0.2, 0.25) is 0 Å². The predicted octanol–water partition coefficient (Wildman–Crippen LogP) is 0.660. The van der Waals surface area contributed by atoms with Gasteiger partial charge in [-0.1, -0.05) is 0 Å². The van der Waals surface area contributed by atoms with Crippen LogP contribution in [0.3, 0.4) is 0 Å². The van der Waals surface area contributed by atoms with Crippen LogP contribution in [-0.2, 0) is 0 Å². The first-order valence-corrected chi connectivity index (χ1v) is 8.83. The molecule has 0 spiro atoms. The molecule has 0 radical (unpaired) electrons. The molecular weight excluding hydrogens is 356 g/mol. The number of pyridine rings is 2. The van der Waals surface area contributed by atoms with Crippen molar-refractivity contribution in [3.63, 3.8) is 0 Å². The molecule has 0 bridgehead atoms. The van der Waals surface area contributed by atoms with Crippen molar-refractivity contribution in [3.05, 3.63) is 39.6 Å². The number of nitrogens with two attached hydrogens (primary N) is 2. The number of anilines is 2. The fourth-order valence-corrected chi connectivity index (χ4v) is 3.74. The maximum atomic E-state index is 12.6. The van der Waals surface area contributed by atoms with Crippen LogP contribution in [0.25, 0.3) is 16.2 Å². The van der Waals surface area contributed by atoms with Crippen molar-refractivity contribution in [2.45, 2.75) is 12.5 Å². The first-order chi connectivity index (χ1) is 12.5. The molecule has 0 aliphatic carbocycles. The minimum absolute atomic E-state index is 0.0595. The van der Waals surface area contributed by atoms with Gasteiger partial charge in [-0.25, -0.2) is 14.8 Å². The summed E-state index contributed by atoms with van der Waals surface area (Å²) < 4.78 is 1.50. The van der Waals surface area contributed by atoms with Crippen LogP contribution < -0.4 is 21.8 Å². The van der Waals surface area contributed by atoms with Crippen LogP contribution in [0, 0.1) is 0 Å². The summed E-state index contributed by atoms with van der Waals surface area (Å²) in [6, 6.07) is 1.66. The molecule has 1 saturated heterocycles. The van der Waals surface area contributed by atoms with Crippen LogP contribution >= 0.6 is 11.3 Å². The molecule has 0 amide bonds. The minimum Gasteiger partial charge on any atom is -0.477 e. The summed E-state index contributed by atoms with van der Waals surface area (Å²) in [6.07, 6.45) is 3.69. The van der Waals surface area contributed by atoms with E-state index in [0.717, 1.165) is 13.0 Å². The quantitative estimate of drug-likeness (QED) is 0.609. The minimum atomic E-state index is -1.32. The average molecular weight is 372 g/mol. The van der Waals surface area contributed by atoms with Gasteiger partial charge in [-0.3, -0.25) is 9.36 Å². The molecule has 10 heteroatoms. The van der Waals surface area contributed by atoms with Crippen molar-refractivity contribution in [1.82, 2.24) is 14.5 Å². The van der Waals surface area contributed by atoms with Gasteiger partial charge >= 0.3 is 5.97 Å². The largest absolute Gasteiger partial charge is 0.477 e. The van der Waals surface area contributed by atoms with Gasteiger partial charge in [0.1, 0.15) is 11.4 Å². The number of carboxylic acids is 1. The molecule has 9 nitrogen and oxygen atoms in total. The Bertz CT molecular complexity index is 1060. The second-order valence-corrected chi connectivity index (χ2v) is 7.00. The molecule has 4 heterocycles. The first kappa shape index (κ1) is 16.5. The summed E-state index contributed by atoms with van der Waals surface area (Å²) in [5.74, 6) is -0.716. The number of carboxylic acid groups (broad SMARTS) is 1. The lowest BCUT2D eigenvalue weighted by molar-refractivity contribution is 0.0695. The number of nitrogen functional groups attached to an aromatic ring is 1. The van der Waals surface area contributed by atoms with E-state index in [-0.39, 0.29) is 28.3 Å². The van der Waals surface area contributed by atoms with Crippen LogP contribution in [-0.4, -0.2) is 44.7 Å². The monoisotopic (exact) mass is 372 g/mol. The van der Waals surface area contributed by atoms with E-state index in [4.69, 9.17) is 11.5 Å². The van der Waals surface area contributed by atoms with Gasteiger partial charge in [-0.05, 0) is 6.42 Å². The van der Waals surface area contributed by atoms with Crippen LogP contribution in [0.4, 0.5) is 11.5 Å². The Morgan fingerprint density at radius 3 is 2.85 bits per heavy atom. The van der Waals surface area contributed by atoms with Crippen LogP contribution in [0.5, 0.6) is 0 Å². The van der Waals surface area contributed by atoms with Crippen molar-refractivity contribution in [1.29, 1.82) is 0 Å². The van der Waals surface area contributed by atoms with Crippen LogP contribution in [0.15, 0.2) is 28.6 Å². The lowest BCUT2D eigenvalue weighted by atomic mass is 10.1. The van der Waals surface area contributed by atoms with E-state index in [0.29, 0.717) is 17.5 Å². The van der Waals surface area contributed by atoms with E-state index in [9.17, 15) is 14.7 Å². The Balaban J connectivity index is 2.03. The van der Waals surface area contributed by atoms with Crippen molar-refractivity contribution >= 4 is 39.8 Å². The van der Waals surface area contributed by atoms with Crippen LogP contribution in [0.1, 0.15) is 16.8 Å². The molecular formula is C16H16N6O3S. The number of aromatic carboxylic acids is 1. The molecule has 0 saturated carbocycles. The molecule has 3 aromatic rings. The molecule has 1 fully saturated rings. The Morgan fingerprint density at radius 1 is 1.42 bits per heavy atom. The average Bonchev–Trinajstić information content (AvgIpc) is 3.26. The molecule has 1 aliphatic heterocycles. The Labute approximate surface area is 151 Å². The summed E-state index contributed by atoms with van der Waals surface area (Å²) in [6.45, 7) is 1.39. The normalized spacial score (nSPS) is 17.1. The Kier molecular flexibility index (Phi) is 3.85. The van der Waals surface area contributed by atoms with Gasteiger partial charge in [0.25, 0.3) is 0 Å². The third-order valence-electron chi connectivity index (χ3n) is 4.38. The van der Waals surface area contributed by atoms with E-state index in [1.807, 2.05) is 4.90 Å². The fraction of sp³-hybridized carbons (Fsp3) is 0.250. The molecule has 4 rings (SSSR count). The molecule has 1 unspecified atom stereocenters. The first-order valence-electron chi connectivity index (χ1n) is 7.95. The fourth-order valence-electron chi connectivity index (χ4n) is 3.12. The molecule has 26 heavy (non-hydrogen) atoms. The van der Waals surface area contributed by atoms with Gasteiger partial charge in [-0.15, -0.1) is 11.3 Å². The van der Waals surface area contributed by atoms with Gasteiger partial charge in [0, 0.05) is 43.0 Å². The number of rotatable bonds is 3. The number of aromatic nitrogens is 3. The van der Waals surface area contributed by atoms with Crippen molar-refractivity contribution < 1.29 is 9.90 Å². The topological polar surface area (TPSA) is 140 Å². The zero-order chi connectivity index (χ0) is 18.4. The van der Waals surface area contributed by atoms with Gasteiger partial charge in [-0.2, -0.15) is 0 Å². The predicted molar refractivity (Wildman–Crippen MR) is 99.2 cm³/mol. The number of nitrogens with zero attached hydrogens (tertiary/aromatic N) is 4. The highest BCUT2D eigenvalue weighted by molar-refractivity contribution is 7.12. The van der Waals surface area contributed by atoms with Gasteiger partial charge in [0.05, 0.1) is 11.1 Å². The van der Waals surface area contributed by atoms with E-state index in [1.165, 1.54) is 22.1 Å². The summed E-state index contributed by atoms with van der Waals surface area (Å²) >= 11 is 1.30. The van der Waals surface area contributed by atoms with Gasteiger partial charge in [0.15, 0.2) is 10.8 Å². The zero-order valence-corrected chi connectivity index (χ0v) is 14.4. The number of hydrogen-bond acceptors (Lipinski definition) is 8. The van der Waals surface area contributed by atoms with E-state index >= 15 is 0 Å². The van der Waals surface area contributed by atoms with Gasteiger partial charge < -0.3 is 21.5 Å². The van der Waals surface area contributed by atoms with Gasteiger partial charge in [0.2, 0.25) is 5.43 Å². The number of thiazole rings is 1. The lowest BCUT2D eigenvalue weighted by Gasteiger charge is -2.19.